The average molecular weight is 496 g/mol. The summed E-state index contributed by atoms with van der Waals surface area (Å²) in [7, 11) is 0. The molecule has 7 nitrogen and oxygen atoms in total. The Morgan fingerprint density at radius 2 is 1.97 bits per heavy atom. The number of hydrogen-bond donors (Lipinski definition) is 2. The van der Waals surface area contributed by atoms with Gasteiger partial charge in [-0.25, -0.2) is 9.78 Å². The number of halogens is 1. The summed E-state index contributed by atoms with van der Waals surface area (Å²) in [6.07, 6.45) is 0.895. The van der Waals surface area contributed by atoms with Gasteiger partial charge in [0.2, 0.25) is 0 Å². The highest BCUT2D eigenvalue weighted by Crippen LogP contribution is 2.31. The van der Waals surface area contributed by atoms with Crippen LogP contribution < -0.4 is 10.1 Å². The van der Waals surface area contributed by atoms with Gasteiger partial charge in [-0.1, -0.05) is 41.6 Å². The largest absolute Gasteiger partial charge is 0.482 e. The number of ether oxygens (including phenoxy) is 1. The topological polar surface area (TPSA) is 93.5 Å². The summed E-state index contributed by atoms with van der Waals surface area (Å²) >= 11 is 7.66. The van der Waals surface area contributed by atoms with Crippen LogP contribution in [0, 0.1) is 6.92 Å². The molecule has 0 fully saturated rings. The van der Waals surface area contributed by atoms with Crippen molar-refractivity contribution in [2.45, 2.75) is 17.3 Å². The van der Waals surface area contributed by atoms with Crippen molar-refractivity contribution in [3.63, 3.8) is 0 Å². The molecule has 0 spiro atoms. The SMILES string of the molecule is Cc1ccc(NCC(C=O)Sc2nc3ccccc3n2-c2ccc(OCC(=O)O)cc2)c(Cl)c1. The number of nitrogens with one attached hydrogen (secondary N) is 1. The molecule has 0 saturated heterocycles. The Hall–Kier alpha value is -3.49. The minimum absolute atomic E-state index is 0.377. The number of carboxylic acids is 1. The maximum atomic E-state index is 11.9. The number of anilines is 1. The number of hydrogen-bond acceptors (Lipinski definition) is 6. The average Bonchev–Trinajstić information content (AvgIpc) is 3.19. The number of fused-ring (bicyclic) bond motifs is 1. The molecule has 34 heavy (non-hydrogen) atoms. The number of rotatable bonds is 10. The molecule has 0 aliphatic carbocycles. The van der Waals surface area contributed by atoms with E-state index < -0.39 is 17.8 Å². The van der Waals surface area contributed by atoms with Gasteiger partial charge in [-0.15, -0.1) is 0 Å². The number of aldehydes is 1. The first-order valence-electron chi connectivity index (χ1n) is 10.5. The van der Waals surface area contributed by atoms with Crippen LogP contribution in [-0.4, -0.2) is 45.3 Å². The number of carbonyl (C=O) groups excluding carboxylic acids is 1. The summed E-state index contributed by atoms with van der Waals surface area (Å²) in [5.74, 6) is -0.585. The molecule has 0 radical (unpaired) electrons. The lowest BCUT2D eigenvalue weighted by Gasteiger charge is -2.15. The van der Waals surface area contributed by atoms with E-state index in [1.807, 2.05) is 66.1 Å². The molecule has 0 bridgehead atoms. The monoisotopic (exact) mass is 495 g/mol. The molecule has 0 amide bonds. The highest BCUT2D eigenvalue weighted by molar-refractivity contribution is 8.00. The summed E-state index contributed by atoms with van der Waals surface area (Å²) in [6, 6.07) is 20.5. The van der Waals surface area contributed by atoms with Gasteiger partial charge in [0.1, 0.15) is 12.0 Å². The van der Waals surface area contributed by atoms with Crippen LogP contribution in [0.25, 0.3) is 16.7 Å². The number of carboxylic acid groups (broad SMARTS) is 1. The maximum Gasteiger partial charge on any atom is 0.341 e. The van der Waals surface area contributed by atoms with Crippen molar-refractivity contribution < 1.29 is 19.4 Å². The lowest BCUT2D eigenvalue weighted by molar-refractivity contribution is -0.139. The number of para-hydroxylation sites is 2. The smallest absolute Gasteiger partial charge is 0.341 e. The van der Waals surface area contributed by atoms with Crippen LogP contribution in [0.4, 0.5) is 5.69 Å². The van der Waals surface area contributed by atoms with Crippen LogP contribution >= 0.6 is 23.4 Å². The molecule has 174 valence electrons. The van der Waals surface area contributed by atoms with Crippen molar-refractivity contribution in [3.8, 4) is 11.4 Å². The first-order chi connectivity index (χ1) is 16.4. The van der Waals surface area contributed by atoms with E-state index in [9.17, 15) is 9.59 Å². The van der Waals surface area contributed by atoms with Crippen molar-refractivity contribution in [1.82, 2.24) is 9.55 Å². The lowest BCUT2D eigenvalue weighted by Crippen LogP contribution is -2.19. The number of nitrogens with zero attached hydrogens (tertiary/aromatic N) is 2. The molecule has 1 heterocycles. The van der Waals surface area contributed by atoms with Crippen LogP contribution in [0.2, 0.25) is 5.02 Å². The second kappa shape index (κ2) is 10.6. The first-order valence-corrected chi connectivity index (χ1v) is 11.7. The molecule has 1 unspecified atom stereocenters. The Labute approximate surface area is 205 Å². The Kier molecular flexibility index (Phi) is 7.40. The van der Waals surface area contributed by atoms with Gasteiger partial charge in [0.05, 0.1) is 27.0 Å². The third kappa shape index (κ3) is 5.52. The van der Waals surface area contributed by atoms with E-state index in [0.717, 1.165) is 34.3 Å². The van der Waals surface area contributed by atoms with Crippen LogP contribution in [0.15, 0.2) is 71.9 Å². The van der Waals surface area contributed by atoms with Crippen LogP contribution in [0.5, 0.6) is 5.75 Å². The molecule has 0 aliphatic rings. The molecular weight excluding hydrogens is 474 g/mol. The quantitative estimate of drug-likeness (QED) is 0.230. The highest BCUT2D eigenvalue weighted by Gasteiger charge is 2.18. The van der Waals surface area contributed by atoms with Gasteiger partial charge >= 0.3 is 5.97 Å². The molecule has 3 aromatic carbocycles. The minimum Gasteiger partial charge on any atom is -0.482 e. The normalized spacial score (nSPS) is 11.8. The van der Waals surface area contributed by atoms with Gasteiger partial charge < -0.3 is 20.0 Å². The molecular formula is C25H22ClN3O4S. The second-order valence-corrected chi connectivity index (χ2v) is 9.16. The zero-order chi connectivity index (χ0) is 24.1. The maximum absolute atomic E-state index is 11.9. The minimum atomic E-state index is -1.04. The fraction of sp³-hybridized carbons (Fsp3) is 0.160. The zero-order valence-electron chi connectivity index (χ0n) is 18.3. The van der Waals surface area contributed by atoms with Crippen molar-refractivity contribution in [2.75, 3.05) is 18.5 Å². The van der Waals surface area contributed by atoms with Gasteiger partial charge in [-0.2, -0.15) is 0 Å². The molecule has 0 saturated carbocycles. The summed E-state index contributed by atoms with van der Waals surface area (Å²) in [5, 5.41) is 12.9. The fourth-order valence-corrected chi connectivity index (χ4v) is 4.65. The van der Waals surface area contributed by atoms with E-state index in [-0.39, 0.29) is 0 Å². The van der Waals surface area contributed by atoms with Gasteiger partial charge in [-0.3, -0.25) is 4.57 Å². The van der Waals surface area contributed by atoms with E-state index in [1.165, 1.54) is 11.8 Å². The highest BCUT2D eigenvalue weighted by atomic mass is 35.5. The summed E-state index contributed by atoms with van der Waals surface area (Å²) in [4.78, 5) is 27.4. The number of aryl methyl sites for hydroxylation is 1. The standard InChI is InChI=1S/C25H22ClN3O4S/c1-16-6-11-21(20(26)12-16)27-13-19(14-30)34-25-28-22-4-2-3-5-23(22)29(25)17-7-9-18(10-8-17)33-15-24(31)32/h2-12,14,19,27H,13,15H2,1H3,(H,31,32). The molecule has 2 N–H and O–H groups in total. The summed E-state index contributed by atoms with van der Waals surface area (Å²) < 4.78 is 7.20. The number of benzene rings is 3. The molecule has 4 rings (SSSR count). The number of aliphatic carboxylic acids is 1. The summed E-state index contributed by atoms with van der Waals surface area (Å²) in [6.45, 7) is 1.94. The fourth-order valence-electron chi connectivity index (χ4n) is 3.40. The zero-order valence-corrected chi connectivity index (χ0v) is 19.8. The number of aromatic nitrogens is 2. The third-order valence-corrected chi connectivity index (χ3v) is 6.39. The first kappa shape index (κ1) is 23.7. The molecule has 1 aromatic heterocycles. The van der Waals surface area contributed by atoms with Crippen LogP contribution in [0.3, 0.4) is 0 Å². The van der Waals surface area contributed by atoms with E-state index in [1.54, 1.807) is 12.1 Å². The Bertz CT molecular complexity index is 1320. The van der Waals surface area contributed by atoms with Crippen LogP contribution in [-0.2, 0) is 9.59 Å². The number of imidazole rings is 1. The number of carbonyl (C=O) groups is 2. The molecule has 9 heteroatoms. The molecule has 4 aromatic rings. The van der Waals surface area contributed by atoms with Crippen molar-refractivity contribution in [1.29, 1.82) is 0 Å². The van der Waals surface area contributed by atoms with E-state index in [0.29, 0.717) is 22.5 Å². The van der Waals surface area contributed by atoms with Gasteiger partial charge in [-0.05, 0) is 61.0 Å². The van der Waals surface area contributed by atoms with E-state index in [4.69, 9.17) is 26.4 Å². The second-order valence-electron chi connectivity index (χ2n) is 7.55. The number of thioether (sulfide) groups is 1. The van der Waals surface area contributed by atoms with Crippen LogP contribution in [0.1, 0.15) is 5.56 Å². The predicted octanol–water partition coefficient (Wildman–Crippen LogP) is 5.22. The van der Waals surface area contributed by atoms with Gasteiger partial charge in [0, 0.05) is 12.2 Å². The third-order valence-electron chi connectivity index (χ3n) is 5.01. The van der Waals surface area contributed by atoms with E-state index >= 15 is 0 Å². The van der Waals surface area contributed by atoms with Crippen molar-refractivity contribution in [3.05, 3.63) is 77.3 Å². The van der Waals surface area contributed by atoms with Crippen molar-refractivity contribution >= 4 is 52.3 Å². The van der Waals surface area contributed by atoms with Gasteiger partial charge in [0.25, 0.3) is 0 Å². The Morgan fingerprint density at radius 1 is 1.21 bits per heavy atom. The molecule has 0 aliphatic heterocycles. The Balaban J connectivity index is 1.59. The summed E-state index contributed by atoms with van der Waals surface area (Å²) in [5.41, 5.74) is 4.34. The van der Waals surface area contributed by atoms with E-state index in [2.05, 4.69) is 5.32 Å². The van der Waals surface area contributed by atoms with Gasteiger partial charge in [0.15, 0.2) is 11.8 Å². The Morgan fingerprint density at radius 3 is 2.68 bits per heavy atom. The predicted molar refractivity (Wildman–Crippen MR) is 135 cm³/mol. The molecule has 1 atom stereocenters. The van der Waals surface area contributed by atoms with Crippen molar-refractivity contribution in [2.24, 2.45) is 0 Å². The lowest BCUT2D eigenvalue weighted by atomic mass is 10.2.